The molecule has 0 aromatic rings. The monoisotopic (exact) mass is 280 g/mol. The largest absolute Gasteiger partial charge is 0.311 e. The van der Waals surface area contributed by atoms with Gasteiger partial charge in [0.2, 0.25) is 0 Å². The van der Waals surface area contributed by atoms with Crippen molar-refractivity contribution in [3.05, 3.63) is 0 Å². The highest BCUT2D eigenvalue weighted by atomic mass is 15.3. The zero-order chi connectivity index (χ0) is 14.6. The summed E-state index contributed by atoms with van der Waals surface area (Å²) in [5.41, 5.74) is 0.374. The molecule has 0 bridgehead atoms. The molecule has 118 valence electrons. The maximum Gasteiger partial charge on any atom is 0.0306 e. The van der Waals surface area contributed by atoms with Gasteiger partial charge in [0.1, 0.15) is 0 Å². The normalized spacial score (nSPS) is 35.7. The molecular weight excluding hydrogens is 244 g/mol. The van der Waals surface area contributed by atoms with Gasteiger partial charge in [0.25, 0.3) is 0 Å². The SMILES string of the molecule is CCC(C)C1CN(C2CCCCCC2)C(C)(CC)CN1. The second-order valence-electron chi connectivity index (χ2n) is 7.52. The Morgan fingerprint density at radius 2 is 1.80 bits per heavy atom. The number of nitrogens with one attached hydrogen (secondary N) is 1. The molecule has 0 aromatic heterocycles. The predicted molar refractivity (Wildman–Crippen MR) is 88.1 cm³/mol. The lowest BCUT2D eigenvalue weighted by molar-refractivity contribution is -0.00479. The van der Waals surface area contributed by atoms with Gasteiger partial charge in [-0.05, 0) is 32.1 Å². The van der Waals surface area contributed by atoms with Gasteiger partial charge >= 0.3 is 0 Å². The standard InChI is InChI=1S/C18H36N2/c1-5-15(3)17-13-20(18(4,6-2)14-19-17)16-11-9-7-8-10-12-16/h15-17,19H,5-14H2,1-4H3. The highest BCUT2D eigenvalue weighted by Crippen LogP contribution is 2.32. The highest BCUT2D eigenvalue weighted by molar-refractivity contribution is 4.99. The summed E-state index contributed by atoms with van der Waals surface area (Å²) in [6, 6.07) is 1.54. The maximum atomic E-state index is 3.85. The van der Waals surface area contributed by atoms with Crippen LogP contribution in [0.15, 0.2) is 0 Å². The molecule has 2 rings (SSSR count). The Labute approximate surface area is 126 Å². The average Bonchev–Trinajstić information content (AvgIpc) is 2.76. The van der Waals surface area contributed by atoms with E-state index in [9.17, 15) is 0 Å². The van der Waals surface area contributed by atoms with Crippen molar-refractivity contribution in [2.45, 2.75) is 96.7 Å². The van der Waals surface area contributed by atoms with Crippen molar-refractivity contribution in [2.75, 3.05) is 13.1 Å². The number of hydrogen-bond acceptors (Lipinski definition) is 2. The van der Waals surface area contributed by atoms with Crippen molar-refractivity contribution in [1.29, 1.82) is 0 Å². The van der Waals surface area contributed by atoms with Gasteiger partial charge in [0, 0.05) is 30.7 Å². The van der Waals surface area contributed by atoms with Crippen LogP contribution in [0.25, 0.3) is 0 Å². The van der Waals surface area contributed by atoms with Crippen LogP contribution >= 0.6 is 0 Å². The maximum absolute atomic E-state index is 3.85. The number of nitrogens with zero attached hydrogens (tertiary/aromatic N) is 1. The molecule has 3 atom stereocenters. The third kappa shape index (κ3) is 3.57. The van der Waals surface area contributed by atoms with Gasteiger partial charge < -0.3 is 5.32 Å². The summed E-state index contributed by atoms with van der Waals surface area (Å²) in [5.74, 6) is 0.796. The van der Waals surface area contributed by atoms with Crippen LogP contribution in [-0.4, -0.2) is 35.6 Å². The Balaban J connectivity index is 2.09. The molecule has 0 spiro atoms. The molecule has 3 unspecified atom stereocenters. The summed E-state index contributed by atoms with van der Waals surface area (Å²) in [6.07, 6.45) is 11.2. The molecule has 0 amide bonds. The van der Waals surface area contributed by atoms with Crippen molar-refractivity contribution < 1.29 is 0 Å². The Kier molecular flexibility index (Phi) is 5.92. The van der Waals surface area contributed by atoms with Crippen LogP contribution in [0, 0.1) is 5.92 Å². The first-order chi connectivity index (χ1) is 9.60. The lowest BCUT2D eigenvalue weighted by Gasteiger charge is -2.52. The molecular formula is C18H36N2. The molecule has 1 N–H and O–H groups in total. The quantitative estimate of drug-likeness (QED) is 0.777. The van der Waals surface area contributed by atoms with Gasteiger partial charge in [-0.2, -0.15) is 0 Å². The fourth-order valence-corrected chi connectivity index (χ4v) is 4.10. The summed E-state index contributed by atoms with van der Waals surface area (Å²) < 4.78 is 0. The topological polar surface area (TPSA) is 15.3 Å². The molecule has 2 aliphatic rings. The molecule has 0 aromatic carbocycles. The second kappa shape index (κ2) is 7.26. The lowest BCUT2D eigenvalue weighted by atomic mass is 9.85. The van der Waals surface area contributed by atoms with Crippen molar-refractivity contribution in [3.8, 4) is 0 Å². The predicted octanol–water partition coefficient (Wildman–Crippen LogP) is 4.20. The van der Waals surface area contributed by atoms with Crippen LogP contribution in [0.2, 0.25) is 0 Å². The van der Waals surface area contributed by atoms with Gasteiger partial charge in [-0.1, -0.05) is 52.9 Å². The molecule has 1 saturated heterocycles. The fraction of sp³-hybridized carbons (Fsp3) is 1.00. The van der Waals surface area contributed by atoms with Crippen LogP contribution in [0.3, 0.4) is 0 Å². The van der Waals surface area contributed by atoms with Crippen LogP contribution < -0.4 is 5.32 Å². The summed E-state index contributed by atoms with van der Waals surface area (Å²) in [7, 11) is 0. The lowest BCUT2D eigenvalue weighted by Crippen LogP contribution is -2.66. The van der Waals surface area contributed by atoms with Crippen LogP contribution in [-0.2, 0) is 0 Å². The summed E-state index contributed by atoms with van der Waals surface area (Å²) in [5, 5.41) is 3.85. The van der Waals surface area contributed by atoms with E-state index in [0.29, 0.717) is 11.6 Å². The molecule has 20 heavy (non-hydrogen) atoms. The van der Waals surface area contributed by atoms with E-state index in [1.165, 1.54) is 64.5 Å². The minimum Gasteiger partial charge on any atom is -0.311 e. The van der Waals surface area contributed by atoms with Gasteiger partial charge in [-0.3, -0.25) is 4.90 Å². The van der Waals surface area contributed by atoms with Crippen LogP contribution in [0.4, 0.5) is 0 Å². The number of rotatable bonds is 4. The Morgan fingerprint density at radius 1 is 1.15 bits per heavy atom. The first kappa shape index (κ1) is 16.3. The van der Waals surface area contributed by atoms with Crippen molar-refractivity contribution >= 4 is 0 Å². The highest BCUT2D eigenvalue weighted by Gasteiger charge is 2.40. The van der Waals surface area contributed by atoms with Crippen LogP contribution in [0.5, 0.6) is 0 Å². The van der Waals surface area contributed by atoms with Gasteiger partial charge in [-0.25, -0.2) is 0 Å². The fourth-order valence-electron chi connectivity index (χ4n) is 4.10. The van der Waals surface area contributed by atoms with E-state index in [4.69, 9.17) is 0 Å². The van der Waals surface area contributed by atoms with E-state index in [0.717, 1.165) is 12.0 Å². The van der Waals surface area contributed by atoms with E-state index in [-0.39, 0.29) is 0 Å². The van der Waals surface area contributed by atoms with E-state index >= 15 is 0 Å². The molecule has 2 nitrogen and oxygen atoms in total. The Bertz CT molecular complexity index is 283. The first-order valence-electron chi connectivity index (χ1n) is 9.11. The average molecular weight is 280 g/mol. The molecule has 1 aliphatic heterocycles. The van der Waals surface area contributed by atoms with E-state index < -0.39 is 0 Å². The van der Waals surface area contributed by atoms with Gasteiger partial charge in [0.15, 0.2) is 0 Å². The van der Waals surface area contributed by atoms with E-state index in [1.54, 1.807) is 0 Å². The molecule has 1 saturated carbocycles. The minimum absolute atomic E-state index is 0.374. The molecule has 2 fully saturated rings. The smallest absolute Gasteiger partial charge is 0.0306 e. The van der Waals surface area contributed by atoms with Crippen molar-refractivity contribution in [1.82, 2.24) is 10.2 Å². The number of piperazine rings is 1. The Hall–Kier alpha value is -0.0800. The third-order valence-electron chi connectivity index (χ3n) is 6.19. The molecule has 1 heterocycles. The van der Waals surface area contributed by atoms with Crippen molar-refractivity contribution in [2.24, 2.45) is 5.92 Å². The third-order valence-corrected chi connectivity index (χ3v) is 6.19. The van der Waals surface area contributed by atoms with E-state index in [1.807, 2.05) is 0 Å². The summed E-state index contributed by atoms with van der Waals surface area (Å²) >= 11 is 0. The molecule has 2 heteroatoms. The second-order valence-corrected chi connectivity index (χ2v) is 7.52. The first-order valence-corrected chi connectivity index (χ1v) is 9.11. The molecule has 1 aliphatic carbocycles. The minimum atomic E-state index is 0.374. The van der Waals surface area contributed by atoms with Crippen LogP contribution in [0.1, 0.15) is 79.1 Å². The summed E-state index contributed by atoms with van der Waals surface area (Å²) in [4.78, 5) is 2.91. The zero-order valence-corrected chi connectivity index (χ0v) is 14.3. The summed E-state index contributed by atoms with van der Waals surface area (Å²) in [6.45, 7) is 12.0. The zero-order valence-electron chi connectivity index (χ0n) is 14.3. The van der Waals surface area contributed by atoms with E-state index in [2.05, 4.69) is 37.9 Å². The van der Waals surface area contributed by atoms with Gasteiger partial charge in [0.05, 0.1) is 0 Å². The van der Waals surface area contributed by atoms with Crippen molar-refractivity contribution in [3.63, 3.8) is 0 Å². The molecule has 0 radical (unpaired) electrons. The van der Waals surface area contributed by atoms with Gasteiger partial charge in [-0.15, -0.1) is 0 Å². The number of hydrogen-bond donors (Lipinski definition) is 1. The Morgan fingerprint density at radius 3 is 2.35 bits per heavy atom.